The van der Waals surface area contributed by atoms with Crippen LogP contribution in [0.1, 0.15) is 29.2 Å². The van der Waals surface area contributed by atoms with Crippen LogP contribution in [0.3, 0.4) is 0 Å². The van der Waals surface area contributed by atoms with Crippen molar-refractivity contribution in [3.8, 4) is 0 Å². The highest BCUT2D eigenvalue weighted by Crippen LogP contribution is 2.18. The van der Waals surface area contributed by atoms with Gasteiger partial charge in [0.25, 0.3) is 5.91 Å². The molecule has 0 aliphatic carbocycles. The maximum Gasteiger partial charge on any atom is 0.408 e. The molecule has 3 aromatic carbocycles. The molecule has 45 heavy (non-hydrogen) atoms. The average Bonchev–Trinajstić information content (AvgIpc) is 3.05. The molecule has 0 saturated carbocycles. The molecule has 0 saturated heterocycles. The molecule has 13 nitrogen and oxygen atoms in total. The van der Waals surface area contributed by atoms with Crippen LogP contribution in [0, 0.1) is 0 Å². The first-order chi connectivity index (χ1) is 21.6. The number of carbonyl (C=O) groups excluding carboxylic acids is 3. The Kier molecular flexibility index (Phi) is 13.5. The standard InChI is InChI=1S/C32H37N3O10/c36-18-25(27(39)28(40)29(41)31(43)33-23(17-26(37)38)22-14-8-3-9-15-22)34-30(42)24(16-20-10-4-1-5-11-20)35-32(44)45-19-21-12-6-2-7-13-21/h1-15,23-25,27-29,36,39-41H,16-19H2,(H,33,43)(H,34,42)(H,35,44)(H,37,38)/t23-,24-,25-,27+,28+,29-/m0/s1. The summed E-state index contributed by atoms with van der Waals surface area (Å²) in [5.41, 5.74) is 1.81. The van der Waals surface area contributed by atoms with Crippen molar-refractivity contribution in [3.05, 3.63) is 108 Å². The van der Waals surface area contributed by atoms with Gasteiger partial charge in [-0.15, -0.1) is 0 Å². The highest BCUT2D eigenvalue weighted by atomic mass is 16.5. The molecule has 0 bridgehead atoms. The highest BCUT2D eigenvalue weighted by molar-refractivity contribution is 5.86. The number of aliphatic hydroxyl groups excluding tert-OH is 4. The molecule has 3 amide bonds. The van der Waals surface area contributed by atoms with Crippen LogP contribution in [0.15, 0.2) is 91.0 Å². The molecule has 0 aliphatic heterocycles. The molecule has 3 aromatic rings. The number of carboxylic acids is 1. The fourth-order valence-electron chi connectivity index (χ4n) is 4.44. The van der Waals surface area contributed by atoms with Gasteiger partial charge in [0.05, 0.1) is 25.1 Å². The maximum absolute atomic E-state index is 13.3. The summed E-state index contributed by atoms with van der Waals surface area (Å²) in [5, 5.41) is 58.2. The molecule has 8 N–H and O–H groups in total. The van der Waals surface area contributed by atoms with Gasteiger partial charge in [-0.3, -0.25) is 14.4 Å². The van der Waals surface area contributed by atoms with Crippen molar-refractivity contribution in [2.45, 2.75) is 55.9 Å². The lowest BCUT2D eigenvalue weighted by Gasteiger charge is -2.30. The highest BCUT2D eigenvalue weighted by Gasteiger charge is 2.37. The van der Waals surface area contributed by atoms with Crippen LogP contribution >= 0.6 is 0 Å². The third-order valence-electron chi connectivity index (χ3n) is 6.88. The minimum atomic E-state index is -2.27. The molecule has 3 rings (SSSR count). The summed E-state index contributed by atoms with van der Waals surface area (Å²) < 4.78 is 5.23. The van der Waals surface area contributed by atoms with Crippen LogP contribution in [-0.2, 0) is 32.1 Å². The van der Waals surface area contributed by atoms with Gasteiger partial charge in [0, 0.05) is 6.42 Å². The zero-order valence-electron chi connectivity index (χ0n) is 24.2. The van der Waals surface area contributed by atoms with E-state index in [9.17, 15) is 44.7 Å². The number of benzene rings is 3. The number of rotatable bonds is 16. The van der Waals surface area contributed by atoms with E-state index in [0.29, 0.717) is 11.1 Å². The Morgan fingerprint density at radius 3 is 1.80 bits per heavy atom. The minimum absolute atomic E-state index is 0.000605. The van der Waals surface area contributed by atoms with Crippen LogP contribution in [0.5, 0.6) is 0 Å². The van der Waals surface area contributed by atoms with E-state index in [0.717, 1.165) is 5.56 Å². The Bertz CT molecular complexity index is 1380. The number of carboxylic acid groups (broad SMARTS) is 1. The van der Waals surface area contributed by atoms with Gasteiger partial charge >= 0.3 is 12.1 Å². The summed E-state index contributed by atoms with van der Waals surface area (Å²) in [7, 11) is 0. The Morgan fingerprint density at radius 1 is 0.689 bits per heavy atom. The fourth-order valence-corrected chi connectivity index (χ4v) is 4.44. The first-order valence-electron chi connectivity index (χ1n) is 14.1. The molecule has 0 aromatic heterocycles. The lowest BCUT2D eigenvalue weighted by atomic mass is 9.98. The number of aliphatic carboxylic acids is 1. The number of carbonyl (C=O) groups is 4. The molecule has 240 valence electrons. The summed E-state index contributed by atoms with van der Waals surface area (Å²) in [6.07, 6.45) is -7.97. The van der Waals surface area contributed by atoms with Gasteiger partial charge in [-0.2, -0.15) is 0 Å². The van der Waals surface area contributed by atoms with Gasteiger partial charge in [-0.25, -0.2) is 4.79 Å². The van der Waals surface area contributed by atoms with Crippen LogP contribution in [-0.4, -0.2) is 86.4 Å². The number of aliphatic hydroxyl groups is 4. The van der Waals surface area contributed by atoms with Crippen LogP contribution in [0.2, 0.25) is 0 Å². The van der Waals surface area contributed by atoms with Crippen molar-refractivity contribution >= 4 is 23.9 Å². The van der Waals surface area contributed by atoms with E-state index in [1.807, 2.05) is 0 Å². The molecule has 0 heterocycles. The van der Waals surface area contributed by atoms with Gasteiger partial charge in [-0.05, 0) is 16.7 Å². The predicted octanol–water partition coefficient (Wildman–Crippen LogP) is 0.416. The van der Waals surface area contributed by atoms with E-state index in [1.165, 1.54) is 0 Å². The van der Waals surface area contributed by atoms with Crippen molar-refractivity contribution in [1.82, 2.24) is 16.0 Å². The Hall–Kier alpha value is -4.82. The third kappa shape index (κ3) is 11.0. The topological polar surface area (TPSA) is 215 Å². The number of ether oxygens (including phenoxy) is 1. The van der Waals surface area contributed by atoms with Gasteiger partial charge in [0.1, 0.15) is 24.9 Å². The van der Waals surface area contributed by atoms with Crippen molar-refractivity contribution in [2.24, 2.45) is 0 Å². The fraction of sp³-hybridized carbons (Fsp3) is 0.312. The normalized spacial score (nSPS) is 14.9. The van der Waals surface area contributed by atoms with E-state index < -0.39 is 73.3 Å². The third-order valence-corrected chi connectivity index (χ3v) is 6.88. The smallest absolute Gasteiger partial charge is 0.408 e. The Labute approximate surface area is 259 Å². The van der Waals surface area contributed by atoms with Gasteiger partial charge in [-0.1, -0.05) is 91.0 Å². The van der Waals surface area contributed by atoms with Crippen LogP contribution in [0.4, 0.5) is 4.79 Å². The molecular weight excluding hydrogens is 586 g/mol. The average molecular weight is 624 g/mol. The molecule has 0 fully saturated rings. The van der Waals surface area contributed by atoms with E-state index in [-0.39, 0.29) is 13.0 Å². The summed E-state index contributed by atoms with van der Waals surface area (Å²) >= 11 is 0. The maximum atomic E-state index is 13.3. The molecule has 6 atom stereocenters. The van der Waals surface area contributed by atoms with Gasteiger partial charge in [0.15, 0.2) is 6.10 Å². The van der Waals surface area contributed by atoms with E-state index in [1.54, 1.807) is 91.0 Å². The van der Waals surface area contributed by atoms with Gasteiger partial charge in [0.2, 0.25) is 5.91 Å². The first-order valence-corrected chi connectivity index (χ1v) is 14.1. The van der Waals surface area contributed by atoms with E-state index in [4.69, 9.17) is 4.74 Å². The van der Waals surface area contributed by atoms with Crippen molar-refractivity contribution < 1.29 is 49.4 Å². The monoisotopic (exact) mass is 623 g/mol. The number of hydrogen-bond acceptors (Lipinski definition) is 9. The minimum Gasteiger partial charge on any atom is -0.481 e. The SMILES string of the molecule is O=C(O)C[C@H](NC(=O)[C@@H](O)[C@H](O)[C@H](O)[C@H](CO)NC(=O)[C@H](Cc1ccccc1)NC(=O)OCc1ccccc1)c1ccccc1. The van der Waals surface area contributed by atoms with Crippen LogP contribution in [0.25, 0.3) is 0 Å². The summed E-state index contributed by atoms with van der Waals surface area (Å²) in [6.45, 7) is -0.978. The molecule has 0 spiro atoms. The van der Waals surface area contributed by atoms with Crippen LogP contribution < -0.4 is 16.0 Å². The molecule has 0 radical (unpaired) electrons. The number of amides is 3. The molecule has 0 aliphatic rings. The largest absolute Gasteiger partial charge is 0.481 e. The van der Waals surface area contributed by atoms with Crippen molar-refractivity contribution in [3.63, 3.8) is 0 Å². The number of alkyl carbamates (subject to hydrolysis) is 1. The Morgan fingerprint density at radius 2 is 1.24 bits per heavy atom. The van der Waals surface area contributed by atoms with E-state index in [2.05, 4.69) is 16.0 Å². The zero-order chi connectivity index (χ0) is 32.8. The quantitative estimate of drug-likeness (QED) is 0.110. The molecule has 0 unspecified atom stereocenters. The summed E-state index contributed by atoms with van der Waals surface area (Å²) in [6, 6.07) is 21.7. The second kappa shape index (κ2) is 17.5. The lowest BCUT2D eigenvalue weighted by Crippen LogP contribution is -2.59. The molecular formula is C32H37N3O10. The predicted molar refractivity (Wildman–Crippen MR) is 160 cm³/mol. The number of hydrogen-bond donors (Lipinski definition) is 8. The van der Waals surface area contributed by atoms with Crippen molar-refractivity contribution in [1.29, 1.82) is 0 Å². The second-order valence-electron chi connectivity index (χ2n) is 10.2. The molecule has 13 heteroatoms. The number of nitrogens with one attached hydrogen (secondary N) is 3. The zero-order valence-corrected chi connectivity index (χ0v) is 24.2. The Balaban J connectivity index is 1.67. The van der Waals surface area contributed by atoms with Crippen molar-refractivity contribution in [2.75, 3.05) is 6.61 Å². The summed E-state index contributed by atoms with van der Waals surface area (Å²) in [5.74, 6) is -3.28. The lowest BCUT2D eigenvalue weighted by molar-refractivity contribution is -0.145. The second-order valence-corrected chi connectivity index (χ2v) is 10.2. The first kappa shape index (κ1) is 34.7. The summed E-state index contributed by atoms with van der Waals surface area (Å²) in [4.78, 5) is 49.9. The van der Waals surface area contributed by atoms with E-state index >= 15 is 0 Å². The van der Waals surface area contributed by atoms with Gasteiger partial charge < -0.3 is 46.2 Å².